The van der Waals surface area contributed by atoms with Crippen molar-refractivity contribution in [2.75, 3.05) is 25.1 Å². The second kappa shape index (κ2) is 9.65. The normalized spacial score (nSPS) is 20.5. The predicted molar refractivity (Wildman–Crippen MR) is 129 cm³/mol. The molecule has 3 atom stereocenters. The summed E-state index contributed by atoms with van der Waals surface area (Å²) in [7, 11) is 3.41. The van der Waals surface area contributed by atoms with Gasteiger partial charge in [-0.1, -0.05) is 19.9 Å². The fourth-order valence-electron chi connectivity index (χ4n) is 5.25. The molecule has 1 fully saturated rings. The molecule has 1 unspecified atom stereocenters. The molecule has 7 nitrogen and oxygen atoms in total. The van der Waals surface area contributed by atoms with Gasteiger partial charge >= 0.3 is 0 Å². The lowest BCUT2D eigenvalue weighted by molar-refractivity contribution is 0.0990. The SMILES string of the molecule is CC[C@H]1CN(C(C)c2ccc(F)cc2COC)[C@H](CC)CN1c1cc(=O)n(C)c2cn[nH]c12. The van der Waals surface area contributed by atoms with E-state index in [-0.39, 0.29) is 29.5 Å². The molecule has 33 heavy (non-hydrogen) atoms. The molecule has 0 aliphatic carbocycles. The van der Waals surface area contributed by atoms with E-state index in [0.717, 1.165) is 53.8 Å². The van der Waals surface area contributed by atoms with Crippen LogP contribution in [0.4, 0.5) is 10.1 Å². The summed E-state index contributed by atoms with van der Waals surface area (Å²) in [5, 5.41) is 7.30. The van der Waals surface area contributed by atoms with Gasteiger partial charge in [0.1, 0.15) is 11.3 Å². The monoisotopic (exact) mass is 455 g/mol. The highest BCUT2D eigenvalue weighted by Gasteiger charge is 2.36. The molecule has 0 spiro atoms. The molecular formula is C25H34FN5O2. The van der Waals surface area contributed by atoms with E-state index in [1.165, 1.54) is 6.07 Å². The van der Waals surface area contributed by atoms with Crippen LogP contribution in [0.15, 0.2) is 35.3 Å². The lowest BCUT2D eigenvalue weighted by Gasteiger charge is -2.49. The van der Waals surface area contributed by atoms with Crippen LogP contribution in [-0.2, 0) is 18.4 Å². The number of anilines is 1. The molecule has 3 aromatic rings. The molecular weight excluding hydrogens is 421 g/mol. The van der Waals surface area contributed by atoms with Crippen molar-refractivity contribution in [2.45, 2.75) is 58.3 Å². The van der Waals surface area contributed by atoms with Crippen LogP contribution in [-0.4, -0.2) is 51.9 Å². The number of piperazine rings is 1. The average molecular weight is 456 g/mol. The first kappa shape index (κ1) is 23.4. The number of hydrogen-bond acceptors (Lipinski definition) is 5. The fourth-order valence-corrected chi connectivity index (χ4v) is 5.25. The van der Waals surface area contributed by atoms with Gasteiger partial charge in [0.05, 0.1) is 24.0 Å². The van der Waals surface area contributed by atoms with Gasteiger partial charge in [0.15, 0.2) is 0 Å². The molecule has 0 amide bonds. The van der Waals surface area contributed by atoms with Gasteiger partial charge in [-0.25, -0.2) is 4.39 Å². The number of nitrogens with one attached hydrogen (secondary N) is 1. The Morgan fingerprint density at radius 1 is 1.21 bits per heavy atom. The first-order chi connectivity index (χ1) is 15.9. The van der Waals surface area contributed by atoms with E-state index >= 15 is 0 Å². The Bertz CT molecular complexity index is 1170. The topological polar surface area (TPSA) is 66.4 Å². The number of nitrogens with zero attached hydrogens (tertiary/aromatic N) is 4. The summed E-state index contributed by atoms with van der Waals surface area (Å²) in [4.78, 5) is 17.6. The molecule has 178 valence electrons. The number of pyridine rings is 1. The minimum Gasteiger partial charge on any atom is -0.380 e. The number of methoxy groups -OCH3 is 1. The van der Waals surface area contributed by atoms with E-state index in [1.54, 1.807) is 37.1 Å². The summed E-state index contributed by atoms with van der Waals surface area (Å²) < 4.78 is 20.9. The van der Waals surface area contributed by atoms with Gasteiger partial charge in [0.25, 0.3) is 5.56 Å². The summed E-state index contributed by atoms with van der Waals surface area (Å²) in [6, 6.07) is 7.38. The van der Waals surface area contributed by atoms with Gasteiger partial charge in [0.2, 0.25) is 0 Å². The van der Waals surface area contributed by atoms with Crippen LogP contribution in [0, 0.1) is 5.82 Å². The predicted octanol–water partition coefficient (Wildman–Crippen LogP) is 3.99. The highest BCUT2D eigenvalue weighted by molar-refractivity contribution is 5.88. The van der Waals surface area contributed by atoms with E-state index in [2.05, 4.69) is 40.8 Å². The molecule has 1 aliphatic rings. The summed E-state index contributed by atoms with van der Waals surface area (Å²) >= 11 is 0. The van der Waals surface area contributed by atoms with Crippen LogP contribution in [0.5, 0.6) is 0 Å². The van der Waals surface area contributed by atoms with Crippen molar-refractivity contribution in [3.05, 3.63) is 57.8 Å². The third-order valence-electron chi connectivity index (χ3n) is 7.17. The molecule has 1 aliphatic heterocycles. The minimum absolute atomic E-state index is 0.0341. The van der Waals surface area contributed by atoms with Gasteiger partial charge in [-0.15, -0.1) is 0 Å². The summed E-state index contributed by atoms with van der Waals surface area (Å²) in [6.45, 7) is 8.63. The summed E-state index contributed by atoms with van der Waals surface area (Å²) in [6.07, 6.45) is 3.62. The molecule has 1 N–H and O–H groups in total. The molecule has 0 radical (unpaired) electrons. The number of aryl methyl sites for hydroxylation is 1. The standard InChI is InChI=1S/C25H34FN5O2/c1-6-19-14-31(22-11-24(32)29(4)23-12-27-28-25(22)23)20(7-2)13-30(19)16(3)21-9-8-18(26)10-17(21)15-33-5/h8-12,16,19-20H,6-7,13-15H2,1-5H3,(H,27,28)/t16?,19-,20+/m1/s1. The highest BCUT2D eigenvalue weighted by Crippen LogP contribution is 2.35. The molecule has 1 aromatic carbocycles. The second-order valence-electron chi connectivity index (χ2n) is 8.98. The van der Waals surface area contributed by atoms with Crippen molar-refractivity contribution in [2.24, 2.45) is 7.05 Å². The first-order valence-corrected chi connectivity index (χ1v) is 11.7. The number of rotatable bonds is 7. The number of benzene rings is 1. The lowest BCUT2D eigenvalue weighted by Crippen LogP contribution is -2.59. The maximum Gasteiger partial charge on any atom is 0.252 e. The largest absolute Gasteiger partial charge is 0.380 e. The number of aromatic amines is 1. The first-order valence-electron chi connectivity index (χ1n) is 11.7. The molecule has 3 heterocycles. The Kier molecular flexibility index (Phi) is 6.86. The van der Waals surface area contributed by atoms with Crippen LogP contribution in [0.1, 0.15) is 50.8 Å². The van der Waals surface area contributed by atoms with Crippen LogP contribution in [0.3, 0.4) is 0 Å². The Morgan fingerprint density at radius 3 is 2.67 bits per heavy atom. The van der Waals surface area contributed by atoms with Crippen molar-refractivity contribution < 1.29 is 9.13 Å². The van der Waals surface area contributed by atoms with Gasteiger partial charge in [-0.05, 0) is 43.0 Å². The number of ether oxygens (including phenoxy) is 1. The van der Waals surface area contributed by atoms with Crippen LogP contribution in [0.2, 0.25) is 0 Å². The number of hydrogen-bond donors (Lipinski definition) is 1. The Morgan fingerprint density at radius 2 is 1.97 bits per heavy atom. The smallest absolute Gasteiger partial charge is 0.252 e. The Labute approximate surface area is 194 Å². The lowest BCUT2D eigenvalue weighted by atomic mass is 9.94. The van der Waals surface area contributed by atoms with Crippen molar-refractivity contribution in [1.29, 1.82) is 0 Å². The second-order valence-corrected chi connectivity index (χ2v) is 8.98. The van der Waals surface area contributed by atoms with Crippen molar-refractivity contribution >= 4 is 16.7 Å². The number of H-pyrrole nitrogens is 1. The highest BCUT2D eigenvalue weighted by atomic mass is 19.1. The number of fused-ring (bicyclic) bond motifs is 1. The molecule has 1 saturated heterocycles. The Hall–Kier alpha value is -2.71. The quantitative estimate of drug-likeness (QED) is 0.584. The molecule has 4 rings (SSSR count). The zero-order chi connectivity index (χ0) is 23.7. The van der Waals surface area contributed by atoms with Gasteiger partial charge < -0.3 is 14.2 Å². The maximum absolute atomic E-state index is 13.9. The van der Waals surface area contributed by atoms with E-state index in [1.807, 2.05) is 6.07 Å². The van der Waals surface area contributed by atoms with Crippen molar-refractivity contribution in [3.8, 4) is 0 Å². The third-order valence-corrected chi connectivity index (χ3v) is 7.17. The molecule has 0 saturated carbocycles. The number of halogens is 1. The third kappa shape index (κ3) is 4.29. The van der Waals surface area contributed by atoms with Gasteiger partial charge in [0, 0.05) is 51.4 Å². The molecule has 8 heteroatoms. The zero-order valence-corrected chi connectivity index (χ0v) is 20.1. The van der Waals surface area contributed by atoms with Gasteiger partial charge in [-0.2, -0.15) is 5.10 Å². The van der Waals surface area contributed by atoms with Gasteiger partial charge in [-0.3, -0.25) is 14.8 Å². The maximum atomic E-state index is 13.9. The van der Waals surface area contributed by atoms with Crippen LogP contribution < -0.4 is 10.5 Å². The van der Waals surface area contributed by atoms with E-state index in [0.29, 0.717) is 6.61 Å². The van der Waals surface area contributed by atoms with E-state index in [4.69, 9.17) is 4.74 Å². The van der Waals surface area contributed by atoms with Crippen LogP contribution >= 0.6 is 0 Å². The molecule has 2 aromatic heterocycles. The summed E-state index contributed by atoms with van der Waals surface area (Å²) in [5.74, 6) is -0.240. The fraction of sp³-hybridized carbons (Fsp3) is 0.520. The van der Waals surface area contributed by atoms with Crippen molar-refractivity contribution in [1.82, 2.24) is 19.7 Å². The Balaban J connectivity index is 1.70. The number of aromatic nitrogens is 3. The molecule has 0 bridgehead atoms. The summed E-state index contributed by atoms with van der Waals surface area (Å²) in [5.41, 5.74) is 4.59. The zero-order valence-electron chi connectivity index (χ0n) is 20.1. The average Bonchev–Trinajstić information content (AvgIpc) is 3.31. The minimum atomic E-state index is -0.240. The van der Waals surface area contributed by atoms with E-state index < -0.39 is 0 Å². The van der Waals surface area contributed by atoms with Crippen molar-refractivity contribution in [3.63, 3.8) is 0 Å². The van der Waals surface area contributed by atoms with E-state index in [9.17, 15) is 9.18 Å². The van der Waals surface area contributed by atoms with Crippen LogP contribution in [0.25, 0.3) is 11.0 Å².